The number of rotatable bonds is 3. The Labute approximate surface area is 163 Å². The van der Waals surface area contributed by atoms with Gasteiger partial charge in [-0.15, -0.1) is 0 Å². The molecule has 2 aromatic carbocycles. The molecule has 28 heavy (non-hydrogen) atoms. The van der Waals surface area contributed by atoms with Gasteiger partial charge in [0.1, 0.15) is 11.9 Å². The number of pyridine rings is 1. The number of anilines is 1. The number of fused-ring (bicyclic) bond motifs is 1. The van der Waals surface area contributed by atoms with Crippen LogP contribution in [0.25, 0.3) is 10.9 Å². The van der Waals surface area contributed by atoms with Gasteiger partial charge in [0.05, 0.1) is 16.8 Å². The summed E-state index contributed by atoms with van der Waals surface area (Å²) in [6.07, 6.45) is 2.97. The molecule has 0 saturated carbocycles. The molecule has 0 radical (unpaired) electrons. The van der Waals surface area contributed by atoms with Gasteiger partial charge in [-0.05, 0) is 37.5 Å². The Kier molecular flexibility index (Phi) is 4.79. The fraction of sp³-hybridized carbons (Fsp3) is 0.261. The van der Waals surface area contributed by atoms with Crippen LogP contribution in [0, 0.1) is 30.0 Å². The lowest BCUT2D eigenvalue weighted by atomic mass is 9.88. The zero-order chi connectivity index (χ0) is 19.7. The van der Waals surface area contributed by atoms with Crippen LogP contribution < -0.4 is 4.90 Å². The summed E-state index contributed by atoms with van der Waals surface area (Å²) >= 11 is 0. The highest BCUT2D eigenvalue weighted by Gasteiger charge is 2.28. The number of benzene rings is 2. The molecule has 0 atom stereocenters. The third kappa shape index (κ3) is 3.22. The molecule has 1 saturated heterocycles. The van der Waals surface area contributed by atoms with Crippen LogP contribution in [0.1, 0.15) is 34.3 Å². The lowest BCUT2D eigenvalue weighted by molar-refractivity contribution is 0.0900. The van der Waals surface area contributed by atoms with Crippen molar-refractivity contribution in [1.29, 1.82) is 5.26 Å². The molecule has 0 N–H and O–H groups in total. The van der Waals surface area contributed by atoms with E-state index in [2.05, 4.69) is 16.0 Å². The normalized spacial score (nSPS) is 14.8. The van der Waals surface area contributed by atoms with E-state index in [-0.39, 0.29) is 17.5 Å². The first-order valence-electron chi connectivity index (χ1n) is 9.41. The number of carbonyl (C=O) groups is 1. The summed E-state index contributed by atoms with van der Waals surface area (Å²) in [5.74, 6) is -0.199. The Bertz CT molecular complexity index is 1080. The van der Waals surface area contributed by atoms with Gasteiger partial charge in [-0.25, -0.2) is 4.39 Å². The number of halogens is 1. The van der Waals surface area contributed by atoms with Gasteiger partial charge in [0.15, 0.2) is 5.78 Å². The van der Waals surface area contributed by atoms with Crippen LogP contribution in [0.4, 0.5) is 10.1 Å². The van der Waals surface area contributed by atoms with Crippen LogP contribution in [-0.4, -0.2) is 23.9 Å². The van der Waals surface area contributed by atoms with E-state index in [9.17, 15) is 14.4 Å². The molecule has 4 rings (SSSR count). The van der Waals surface area contributed by atoms with Crippen molar-refractivity contribution in [2.24, 2.45) is 5.92 Å². The van der Waals surface area contributed by atoms with Crippen molar-refractivity contribution < 1.29 is 9.18 Å². The highest BCUT2D eigenvalue weighted by atomic mass is 19.1. The van der Waals surface area contributed by atoms with Crippen LogP contribution in [0.5, 0.6) is 0 Å². The monoisotopic (exact) mass is 373 g/mol. The predicted molar refractivity (Wildman–Crippen MR) is 107 cm³/mol. The van der Waals surface area contributed by atoms with Crippen molar-refractivity contribution in [2.45, 2.75) is 19.8 Å². The number of nitriles is 1. The SMILES string of the molecule is Cc1cc(F)cc2c(N3CCC(C(=O)c4ccccc4)CC3)c(C#N)cnc12. The first kappa shape index (κ1) is 18.1. The molecule has 0 amide bonds. The maximum atomic E-state index is 14.1. The number of hydrogen-bond donors (Lipinski definition) is 0. The number of carbonyl (C=O) groups excluding carboxylic acids is 1. The van der Waals surface area contributed by atoms with Gasteiger partial charge in [0.25, 0.3) is 0 Å². The molecular formula is C23H20FN3O. The van der Waals surface area contributed by atoms with Gasteiger partial charge >= 0.3 is 0 Å². The molecule has 3 aromatic rings. The van der Waals surface area contributed by atoms with Gasteiger partial charge in [0.2, 0.25) is 0 Å². The second kappa shape index (κ2) is 7.40. The maximum Gasteiger partial charge on any atom is 0.166 e. The first-order valence-corrected chi connectivity index (χ1v) is 9.41. The summed E-state index contributed by atoms with van der Waals surface area (Å²) in [5.41, 5.74) is 3.35. The molecular weight excluding hydrogens is 353 g/mol. The van der Waals surface area contributed by atoms with Gasteiger partial charge in [-0.2, -0.15) is 5.26 Å². The molecule has 0 unspecified atom stereocenters. The van der Waals surface area contributed by atoms with E-state index in [1.165, 1.54) is 12.1 Å². The minimum Gasteiger partial charge on any atom is -0.370 e. The van der Waals surface area contributed by atoms with E-state index >= 15 is 0 Å². The maximum absolute atomic E-state index is 14.1. The second-order valence-electron chi connectivity index (χ2n) is 7.24. The summed E-state index contributed by atoms with van der Waals surface area (Å²) in [5, 5.41) is 10.2. The summed E-state index contributed by atoms with van der Waals surface area (Å²) in [7, 11) is 0. The molecule has 0 bridgehead atoms. The average molecular weight is 373 g/mol. The number of piperidine rings is 1. The Morgan fingerprint density at radius 2 is 1.93 bits per heavy atom. The number of nitrogens with zero attached hydrogens (tertiary/aromatic N) is 3. The Hall–Kier alpha value is -3.26. The Balaban J connectivity index is 1.64. The summed E-state index contributed by atoms with van der Waals surface area (Å²) in [6.45, 7) is 3.11. The zero-order valence-corrected chi connectivity index (χ0v) is 15.7. The van der Waals surface area contributed by atoms with Crippen molar-refractivity contribution in [1.82, 2.24) is 4.98 Å². The molecule has 1 aliphatic heterocycles. The summed E-state index contributed by atoms with van der Waals surface area (Å²) in [6, 6.07) is 14.5. The van der Waals surface area contributed by atoms with Crippen molar-refractivity contribution in [3.05, 3.63) is 71.2 Å². The molecule has 1 aliphatic rings. The van der Waals surface area contributed by atoms with Gasteiger partial charge in [-0.1, -0.05) is 30.3 Å². The number of ketones is 1. The van der Waals surface area contributed by atoms with E-state index < -0.39 is 0 Å². The average Bonchev–Trinajstić information content (AvgIpc) is 2.73. The Morgan fingerprint density at radius 1 is 1.21 bits per heavy atom. The fourth-order valence-electron chi connectivity index (χ4n) is 4.05. The first-order chi connectivity index (χ1) is 13.6. The van der Waals surface area contributed by atoms with Crippen molar-refractivity contribution >= 4 is 22.4 Å². The quantitative estimate of drug-likeness (QED) is 0.627. The molecule has 2 heterocycles. The van der Waals surface area contributed by atoms with Crippen LogP contribution in [0.2, 0.25) is 0 Å². The molecule has 140 valence electrons. The number of aromatic nitrogens is 1. The standard InChI is InChI=1S/C23H20FN3O/c1-15-11-19(24)12-20-21(15)26-14-18(13-25)22(20)27-9-7-17(8-10-27)23(28)16-5-3-2-4-6-16/h2-6,11-12,14,17H,7-10H2,1H3. The molecule has 1 fully saturated rings. The van der Waals surface area contributed by atoms with E-state index in [1.807, 2.05) is 37.3 Å². The van der Waals surface area contributed by atoms with Crippen LogP contribution in [0.3, 0.4) is 0 Å². The largest absolute Gasteiger partial charge is 0.370 e. The number of Topliss-reactive ketones (excluding diaryl/α,β-unsaturated/α-hetero) is 1. The van der Waals surface area contributed by atoms with Gasteiger partial charge < -0.3 is 4.90 Å². The van der Waals surface area contributed by atoms with Gasteiger partial charge in [0, 0.05) is 36.2 Å². The summed E-state index contributed by atoms with van der Waals surface area (Å²) in [4.78, 5) is 19.2. The second-order valence-corrected chi connectivity index (χ2v) is 7.24. The van der Waals surface area contributed by atoms with Crippen molar-refractivity contribution in [2.75, 3.05) is 18.0 Å². The third-order valence-corrected chi connectivity index (χ3v) is 5.46. The van der Waals surface area contributed by atoms with Crippen molar-refractivity contribution in [3.8, 4) is 6.07 Å². The lowest BCUT2D eigenvalue weighted by Crippen LogP contribution is -2.37. The highest BCUT2D eigenvalue weighted by molar-refractivity contribution is 5.98. The Morgan fingerprint density at radius 3 is 2.61 bits per heavy atom. The van der Waals surface area contributed by atoms with E-state index in [4.69, 9.17) is 0 Å². The molecule has 0 aliphatic carbocycles. The van der Waals surface area contributed by atoms with Gasteiger partial charge in [-0.3, -0.25) is 9.78 Å². The minimum absolute atomic E-state index is 0.0317. The van der Waals surface area contributed by atoms with Crippen LogP contribution in [-0.2, 0) is 0 Å². The third-order valence-electron chi connectivity index (χ3n) is 5.46. The predicted octanol–water partition coefficient (Wildman–Crippen LogP) is 4.65. The fourth-order valence-corrected chi connectivity index (χ4v) is 4.05. The lowest BCUT2D eigenvalue weighted by Gasteiger charge is -2.34. The molecule has 0 spiro atoms. The molecule has 5 heteroatoms. The van der Waals surface area contributed by atoms with Crippen LogP contribution >= 0.6 is 0 Å². The zero-order valence-electron chi connectivity index (χ0n) is 15.7. The van der Waals surface area contributed by atoms with E-state index in [1.54, 1.807) is 6.20 Å². The van der Waals surface area contributed by atoms with E-state index in [0.717, 1.165) is 16.8 Å². The molecule has 1 aromatic heterocycles. The van der Waals surface area contributed by atoms with Crippen molar-refractivity contribution in [3.63, 3.8) is 0 Å². The minimum atomic E-state index is -0.336. The number of aryl methyl sites for hydroxylation is 1. The highest BCUT2D eigenvalue weighted by Crippen LogP contribution is 2.34. The van der Waals surface area contributed by atoms with E-state index in [0.29, 0.717) is 42.4 Å². The smallest absolute Gasteiger partial charge is 0.166 e. The topological polar surface area (TPSA) is 57.0 Å². The van der Waals surface area contributed by atoms with Crippen LogP contribution in [0.15, 0.2) is 48.7 Å². The number of hydrogen-bond acceptors (Lipinski definition) is 4. The molecule has 4 nitrogen and oxygen atoms in total. The summed E-state index contributed by atoms with van der Waals surface area (Å²) < 4.78 is 14.1.